The van der Waals surface area contributed by atoms with Crippen molar-refractivity contribution in [3.63, 3.8) is 0 Å². The highest BCUT2D eigenvalue weighted by atomic mass is 35.5. The van der Waals surface area contributed by atoms with Gasteiger partial charge in [-0.15, -0.1) is 12.4 Å². The topological polar surface area (TPSA) is 30.5 Å². The number of hydrogen-bond acceptors (Lipinski definition) is 3. The third kappa shape index (κ3) is 6.88. The first kappa shape index (κ1) is 22.9. The van der Waals surface area contributed by atoms with Crippen LogP contribution in [0.4, 0.5) is 0 Å². The van der Waals surface area contributed by atoms with Crippen LogP contribution in [0, 0.1) is 5.92 Å². The van der Waals surface area contributed by atoms with E-state index in [1.807, 2.05) is 36.4 Å². The summed E-state index contributed by atoms with van der Waals surface area (Å²) in [5.41, 5.74) is 1.97. The van der Waals surface area contributed by atoms with Gasteiger partial charge < -0.3 is 14.8 Å². The predicted octanol–water partition coefficient (Wildman–Crippen LogP) is 6.14. The Balaban J connectivity index is 0.00000338. The van der Waals surface area contributed by atoms with E-state index < -0.39 is 0 Å². The zero-order valence-electron chi connectivity index (χ0n) is 15.4. The number of halogens is 3. The number of rotatable bonds is 9. The van der Waals surface area contributed by atoms with Gasteiger partial charge in [-0.25, -0.2) is 0 Å². The highest BCUT2D eigenvalue weighted by Crippen LogP contribution is 2.37. The van der Waals surface area contributed by atoms with E-state index >= 15 is 0 Å². The van der Waals surface area contributed by atoms with Crippen molar-refractivity contribution >= 4 is 35.6 Å². The van der Waals surface area contributed by atoms with Crippen LogP contribution in [0.1, 0.15) is 31.4 Å². The van der Waals surface area contributed by atoms with Crippen molar-refractivity contribution in [2.24, 2.45) is 5.92 Å². The molecular weight excluding hydrogens is 393 g/mol. The van der Waals surface area contributed by atoms with E-state index in [0.717, 1.165) is 30.6 Å². The summed E-state index contributed by atoms with van der Waals surface area (Å²) in [6.07, 6.45) is 1.14. The van der Waals surface area contributed by atoms with Crippen molar-refractivity contribution in [2.75, 3.05) is 13.7 Å². The minimum absolute atomic E-state index is 0. The standard InChI is InChI=1S/C20H25Cl2NO2.ClH/c1-14(2)8-9-23-12-15-10-18(22)20(19(11-15)24-3)25-13-16-6-4-5-7-17(16)21;/h4-7,10-11,14,23H,8-9,12-13H2,1-3H3;1H. The van der Waals surface area contributed by atoms with Gasteiger partial charge in [-0.2, -0.15) is 0 Å². The van der Waals surface area contributed by atoms with Crippen molar-refractivity contribution in [1.29, 1.82) is 0 Å². The van der Waals surface area contributed by atoms with Gasteiger partial charge in [-0.3, -0.25) is 0 Å². The van der Waals surface area contributed by atoms with Gasteiger partial charge >= 0.3 is 0 Å². The van der Waals surface area contributed by atoms with E-state index in [-0.39, 0.29) is 12.4 Å². The number of ether oxygens (including phenoxy) is 2. The van der Waals surface area contributed by atoms with Crippen molar-refractivity contribution in [2.45, 2.75) is 33.4 Å². The molecule has 2 aromatic rings. The van der Waals surface area contributed by atoms with Crippen LogP contribution in [-0.2, 0) is 13.2 Å². The Morgan fingerprint density at radius 3 is 2.46 bits per heavy atom. The van der Waals surface area contributed by atoms with Crippen LogP contribution in [0.5, 0.6) is 11.5 Å². The summed E-state index contributed by atoms with van der Waals surface area (Å²) in [6, 6.07) is 11.4. The molecule has 0 radical (unpaired) electrons. The van der Waals surface area contributed by atoms with E-state index in [1.165, 1.54) is 0 Å². The first-order valence-electron chi connectivity index (χ1n) is 8.44. The van der Waals surface area contributed by atoms with Crippen LogP contribution in [0.2, 0.25) is 10.0 Å². The Labute approximate surface area is 172 Å². The van der Waals surface area contributed by atoms with E-state index in [9.17, 15) is 0 Å². The molecule has 3 nitrogen and oxygen atoms in total. The third-order valence-corrected chi connectivity index (χ3v) is 4.50. The van der Waals surface area contributed by atoms with Crippen LogP contribution in [0.15, 0.2) is 36.4 Å². The average Bonchev–Trinajstić information content (AvgIpc) is 2.58. The molecule has 0 spiro atoms. The highest BCUT2D eigenvalue weighted by molar-refractivity contribution is 6.32. The van der Waals surface area contributed by atoms with Crippen LogP contribution < -0.4 is 14.8 Å². The van der Waals surface area contributed by atoms with E-state index in [4.69, 9.17) is 32.7 Å². The Morgan fingerprint density at radius 1 is 1.08 bits per heavy atom. The van der Waals surface area contributed by atoms with E-state index in [2.05, 4.69) is 19.2 Å². The summed E-state index contributed by atoms with van der Waals surface area (Å²) >= 11 is 12.6. The number of nitrogens with one attached hydrogen (secondary N) is 1. The lowest BCUT2D eigenvalue weighted by Crippen LogP contribution is -2.16. The van der Waals surface area contributed by atoms with E-state index in [0.29, 0.717) is 34.1 Å². The fourth-order valence-electron chi connectivity index (χ4n) is 2.40. The lowest BCUT2D eigenvalue weighted by Gasteiger charge is -2.15. The maximum absolute atomic E-state index is 6.42. The molecule has 0 saturated carbocycles. The Bertz CT molecular complexity index is 693. The average molecular weight is 419 g/mol. The number of benzene rings is 2. The summed E-state index contributed by atoms with van der Waals surface area (Å²) in [5.74, 6) is 1.85. The van der Waals surface area contributed by atoms with Crippen molar-refractivity contribution in [3.05, 3.63) is 57.6 Å². The largest absolute Gasteiger partial charge is 0.493 e. The molecule has 0 aromatic heterocycles. The van der Waals surface area contributed by atoms with Crippen LogP contribution >= 0.6 is 35.6 Å². The molecule has 6 heteroatoms. The number of methoxy groups -OCH3 is 1. The molecule has 2 aromatic carbocycles. The van der Waals surface area contributed by atoms with Gasteiger partial charge in [0.25, 0.3) is 0 Å². The lowest BCUT2D eigenvalue weighted by molar-refractivity contribution is 0.284. The summed E-state index contributed by atoms with van der Waals surface area (Å²) in [6.45, 7) is 6.48. The van der Waals surface area contributed by atoms with Gasteiger partial charge in [0.05, 0.1) is 12.1 Å². The molecule has 0 atom stereocenters. The van der Waals surface area contributed by atoms with Gasteiger partial charge in [0.15, 0.2) is 11.5 Å². The summed E-state index contributed by atoms with van der Waals surface area (Å²) in [5, 5.41) is 4.63. The molecule has 0 fully saturated rings. The maximum Gasteiger partial charge on any atom is 0.180 e. The fraction of sp³-hybridized carbons (Fsp3) is 0.400. The molecule has 0 amide bonds. The molecule has 0 unspecified atom stereocenters. The van der Waals surface area contributed by atoms with E-state index in [1.54, 1.807) is 7.11 Å². The second-order valence-electron chi connectivity index (χ2n) is 6.35. The summed E-state index contributed by atoms with van der Waals surface area (Å²) in [7, 11) is 1.62. The summed E-state index contributed by atoms with van der Waals surface area (Å²) in [4.78, 5) is 0. The number of hydrogen-bond donors (Lipinski definition) is 1. The lowest BCUT2D eigenvalue weighted by atomic mass is 10.1. The molecule has 0 aliphatic carbocycles. The Kier molecular flexibility index (Phi) is 10.2. The zero-order valence-corrected chi connectivity index (χ0v) is 17.7. The SMILES string of the molecule is COc1cc(CNCCC(C)C)cc(Cl)c1OCc1ccccc1Cl.Cl. The molecule has 144 valence electrons. The van der Waals surface area contributed by atoms with Crippen molar-refractivity contribution in [3.8, 4) is 11.5 Å². The van der Waals surface area contributed by atoms with Gasteiger partial charge in [-0.1, -0.05) is 55.2 Å². The van der Waals surface area contributed by atoms with Crippen molar-refractivity contribution in [1.82, 2.24) is 5.32 Å². The van der Waals surface area contributed by atoms with Crippen LogP contribution in [0.25, 0.3) is 0 Å². The van der Waals surface area contributed by atoms with Crippen LogP contribution in [-0.4, -0.2) is 13.7 Å². The van der Waals surface area contributed by atoms with Gasteiger partial charge in [-0.05, 0) is 42.6 Å². The quantitative estimate of drug-likeness (QED) is 0.496. The molecule has 0 heterocycles. The first-order chi connectivity index (χ1) is 12.0. The molecule has 2 rings (SSSR count). The molecule has 0 bridgehead atoms. The fourth-order valence-corrected chi connectivity index (χ4v) is 2.88. The minimum Gasteiger partial charge on any atom is -0.493 e. The zero-order chi connectivity index (χ0) is 18.2. The smallest absolute Gasteiger partial charge is 0.180 e. The van der Waals surface area contributed by atoms with Crippen molar-refractivity contribution < 1.29 is 9.47 Å². The maximum atomic E-state index is 6.42. The third-order valence-electron chi connectivity index (χ3n) is 3.85. The van der Waals surface area contributed by atoms with Gasteiger partial charge in [0.2, 0.25) is 0 Å². The van der Waals surface area contributed by atoms with Crippen LogP contribution in [0.3, 0.4) is 0 Å². The molecular formula is C20H26Cl3NO2. The molecule has 0 aliphatic heterocycles. The summed E-state index contributed by atoms with van der Waals surface area (Å²) < 4.78 is 11.3. The van der Waals surface area contributed by atoms with Gasteiger partial charge in [0.1, 0.15) is 6.61 Å². The molecule has 1 N–H and O–H groups in total. The second kappa shape index (κ2) is 11.6. The molecule has 0 aliphatic rings. The first-order valence-corrected chi connectivity index (χ1v) is 9.20. The molecule has 26 heavy (non-hydrogen) atoms. The Morgan fingerprint density at radius 2 is 1.81 bits per heavy atom. The monoisotopic (exact) mass is 417 g/mol. The normalized spacial score (nSPS) is 10.5. The minimum atomic E-state index is 0. The Hall–Kier alpha value is -1.13. The highest BCUT2D eigenvalue weighted by Gasteiger charge is 2.13. The molecule has 0 saturated heterocycles. The second-order valence-corrected chi connectivity index (χ2v) is 7.16. The predicted molar refractivity (Wildman–Crippen MR) is 112 cm³/mol. The van der Waals surface area contributed by atoms with Gasteiger partial charge in [0, 0.05) is 17.1 Å².